The van der Waals surface area contributed by atoms with Crippen molar-refractivity contribution in [3.63, 3.8) is 0 Å². The van der Waals surface area contributed by atoms with Gasteiger partial charge >= 0.3 is 0 Å². The summed E-state index contributed by atoms with van der Waals surface area (Å²) < 4.78 is 13.5. The van der Waals surface area contributed by atoms with E-state index in [0.717, 1.165) is 17.6 Å². The molecule has 0 N–H and O–H groups in total. The lowest BCUT2D eigenvalue weighted by Crippen LogP contribution is -2.22. The van der Waals surface area contributed by atoms with Crippen LogP contribution in [-0.4, -0.2) is 0 Å². The van der Waals surface area contributed by atoms with Crippen LogP contribution >= 0.6 is 9.24 Å². The highest BCUT2D eigenvalue weighted by molar-refractivity contribution is 7.27. The molecular formula is C24H22FP. The Morgan fingerprint density at radius 1 is 0.923 bits per heavy atom. The lowest BCUT2D eigenvalue weighted by atomic mass is 9.68. The Morgan fingerprint density at radius 2 is 1.58 bits per heavy atom. The third kappa shape index (κ3) is 3.13. The molecule has 3 atom stereocenters. The number of fused-ring (bicyclic) bond motifs is 1. The van der Waals surface area contributed by atoms with Crippen LogP contribution in [-0.2, 0) is 6.42 Å². The third-order valence-electron chi connectivity index (χ3n) is 5.43. The van der Waals surface area contributed by atoms with Crippen molar-refractivity contribution in [2.24, 2.45) is 0 Å². The molecular weight excluding hydrogens is 338 g/mol. The predicted octanol–water partition coefficient (Wildman–Crippen LogP) is 5.77. The van der Waals surface area contributed by atoms with Gasteiger partial charge in [0, 0.05) is 5.92 Å². The van der Waals surface area contributed by atoms with Gasteiger partial charge in [0.15, 0.2) is 0 Å². The van der Waals surface area contributed by atoms with Gasteiger partial charge in [-0.2, -0.15) is 0 Å². The van der Waals surface area contributed by atoms with Gasteiger partial charge in [0.1, 0.15) is 5.82 Å². The first-order chi connectivity index (χ1) is 12.5. The lowest BCUT2D eigenvalue weighted by molar-refractivity contribution is 0.601. The Kier molecular flexibility index (Phi) is 4.51. The van der Waals surface area contributed by atoms with Gasteiger partial charge in [-0.25, -0.2) is 4.39 Å². The molecule has 0 aliphatic heterocycles. The summed E-state index contributed by atoms with van der Waals surface area (Å²) in [7, 11) is 2.78. The van der Waals surface area contributed by atoms with Gasteiger partial charge in [-0.15, -0.1) is 9.24 Å². The summed E-state index contributed by atoms with van der Waals surface area (Å²) in [6.45, 7) is 6.57. The van der Waals surface area contributed by atoms with Gasteiger partial charge in [-0.3, -0.25) is 0 Å². The van der Waals surface area contributed by atoms with Crippen LogP contribution in [0.15, 0.2) is 73.3 Å². The van der Waals surface area contributed by atoms with E-state index in [1.54, 1.807) is 12.1 Å². The molecule has 0 radical (unpaired) electrons. The molecule has 3 unspecified atom stereocenters. The Bertz CT molecular complexity index is 955. The van der Waals surface area contributed by atoms with Crippen molar-refractivity contribution >= 4 is 20.1 Å². The Labute approximate surface area is 157 Å². The Morgan fingerprint density at radius 3 is 2.27 bits per heavy atom. The van der Waals surface area contributed by atoms with Crippen molar-refractivity contribution in [3.05, 3.63) is 107 Å². The summed E-state index contributed by atoms with van der Waals surface area (Å²) in [5.41, 5.74) is 7.39. The number of hydrogen-bond donors (Lipinski definition) is 0. The number of halogens is 1. The van der Waals surface area contributed by atoms with E-state index >= 15 is 0 Å². The molecule has 0 saturated heterocycles. The van der Waals surface area contributed by atoms with Crippen LogP contribution in [0.5, 0.6) is 0 Å². The average Bonchev–Trinajstić information content (AvgIpc) is 2.63. The summed E-state index contributed by atoms with van der Waals surface area (Å²) in [4.78, 5) is 0. The maximum Gasteiger partial charge on any atom is 0.123 e. The zero-order valence-corrected chi connectivity index (χ0v) is 16.0. The van der Waals surface area contributed by atoms with Gasteiger partial charge in [-0.1, -0.05) is 66.7 Å². The van der Waals surface area contributed by atoms with Crippen LogP contribution in [0.1, 0.15) is 39.7 Å². The summed E-state index contributed by atoms with van der Waals surface area (Å²) in [6.07, 6.45) is 0.960. The summed E-state index contributed by atoms with van der Waals surface area (Å²) in [5, 5.41) is 1.19. The van der Waals surface area contributed by atoms with Crippen LogP contribution in [0.2, 0.25) is 0 Å². The molecule has 0 saturated carbocycles. The number of aryl methyl sites for hydroxylation is 1. The fourth-order valence-corrected chi connectivity index (χ4v) is 4.39. The third-order valence-corrected chi connectivity index (χ3v) is 5.79. The van der Waals surface area contributed by atoms with E-state index in [0.29, 0.717) is 5.92 Å². The molecule has 0 bridgehead atoms. The SMILES string of the molecule is C=C1c2ccc(P)cc2CC(c2ccc(C)cc2)C1c1ccc(F)cc1. The molecule has 130 valence electrons. The molecule has 2 heteroatoms. The highest BCUT2D eigenvalue weighted by Gasteiger charge is 2.33. The fraction of sp³-hybridized carbons (Fsp3) is 0.167. The Hall–Kier alpha value is -2.24. The number of rotatable bonds is 2. The normalized spacial score (nSPS) is 19.3. The van der Waals surface area contributed by atoms with Crippen molar-refractivity contribution in [3.8, 4) is 0 Å². The first kappa shape index (κ1) is 17.2. The van der Waals surface area contributed by atoms with Gasteiger partial charge in [0.05, 0.1) is 0 Å². The molecule has 0 nitrogen and oxygen atoms in total. The predicted molar refractivity (Wildman–Crippen MR) is 112 cm³/mol. The lowest BCUT2D eigenvalue weighted by Gasteiger charge is -2.36. The van der Waals surface area contributed by atoms with Crippen molar-refractivity contribution in [2.75, 3.05) is 0 Å². The number of benzene rings is 3. The molecule has 0 amide bonds. The van der Waals surface area contributed by atoms with Crippen LogP contribution in [0.25, 0.3) is 5.57 Å². The van der Waals surface area contributed by atoms with Crippen LogP contribution in [0, 0.1) is 12.7 Å². The zero-order chi connectivity index (χ0) is 18.3. The molecule has 0 spiro atoms. The van der Waals surface area contributed by atoms with Gasteiger partial charge in [-0.05, 0) is 64.5 Å². The molecule has 0 heterocycles. The van der Waals surface area contributed by atoms with Crippen molar-refractivity contribution in [1.29, 1.82) is 0 Å². The fourth-order valence-electron chi connectivity index (χ4n) is 4.09. The topological polar surface area (TPSA) is 0 Å². The second kappa shape index (κ2) is 6.82. The molecule has 3 aromatic carbocycles. The maximum absolute atomic E-state index is 13.5. The second-order valence-electron chi connectivity index (χ2n) is 7.19. The summed E-state index contributed by atoms with van der Waals surface area (Å²) in [5.74, 6) is 0.254. The van der Waals surface area contributed by atoms with E-state index in [1.165, 1.54) is 27.6 Å². The van der Waals surface area contributed by atoms with E-state index in [1.807, 2.05) is 12.1 Å². The average molecular weight is 360 g/mol. The number of hydrogen-bond acceptors (Lipinski definition) is 0. The summed E-state index contributed by atoms with van der Waals surface area (Å²) >= 11 is 0. The van der Waals surface area contributed by atoms with Gasteiger partial charge in [0.25, 0.3) is 0 Å². The molecule has 3 aromatic rings. The summed E-state index contributed by atoms with van der Waals surface area (Å²) in [6, 6.07) is 22.2. The van der Waals surface area contributed by atoms with E-state index in [4.69, 9.17) is 0 Å². The Balaban J connectivity index is 1.86. The molecule has 0 fully saturated rings. The van der Waals surface area contributed by atoms with E-state index in [-0.39, 0.29) is 11.7 Å². The smallest absolute Gasteiger partial charge is 0.123 e. The minimum Gasteiger partial charge on any atom is -0.207 e. The molecule has 4 rings (SSSR count). The molecule has 1 aliphatic carbocycles. The van der Waals surface area contributed by atoms with E-state index in [2.05, 4.69) is 65.2 Å². The van der Waals surface area contributed by atoms with Crippen LogP contribution in [0.3, 0.4) is 0 Å². The van der Waals surface area contributed by atoms with Crippen LogP contribution in [0.4, 0.5) is 4.39 Å². The largest absolute Gasteiger partial charge is 0.207 e. The van der Waals surface area contributed by atoms with Gasteiger partial charge < -0.3 is 0 Å². The van der Waals surface area contributed by atoms with E-state index in [9.17, 15) is 4.39 Å². The maximum atomic E-state index is 13.5. The van der Waals surface area contributed by atoms with Crippen molar-refractivity contribution < 1.29 is 4.39 Å². The molecule has 0 aromatic heterocycles. The quantitative estimate of drug-likeness (QED) is 0.509. The standard InChI is InChI=1S/C24H22FP/c1-15-3-5-17(6-4-15)23-14-19-13-21(26)11-12-22(19)16(2)24(23)18-7-9-20(25)10-8-18/h3-13,23-24H,2,14,26H2,1H3. The van der Waals surface area contributed by atoms with E-state index < -0.39 is 0 Å². The minimum atomic E-state index is -0.199. The first-order valence-corrected chi connectivity index (χ1v) is 9.50. The van der Waals surface area contributed by atoms with Crippen molar-refractivity contribution in [1.82, 2.24) is 0 Å². The van der Waals surface area contributed by atoms with Crippen molar-refractivity contribution in [2.45, 2.75) is 25.2 Å². The monoisotopic (exact) mass is 360 g/mol. The highest BCUT2D eigenvalue weighted by Crippen LogP contribution is 2.48. The van der Waals surface area contributed by atoms with Crippen LogP contribution < -0.4 is 5.30 Å². The minimum absolute atomic E-state index is 0.154. The van der Waals surface area contributed by atoms with Gasteiger partial charge in [0.2, 0.25) is 0 Å². The molecule has 1 aliphatic rings. The molecule has 26 heavy (non-hydrogen) atoms. The highest BCUT2D eigenvalue weighted by atomic mass is 31.0. The zero-order valence-electron chi connectivity index (χ0n) is 14.9. The second-order valence-corrected chi connectivity index (χ2v) is 7.86. The first-order valence-electron chi connectivity index (χ1n) is 8.92. The number of allylic oxidation sites excluding steroid dienone is 1.